The van der Waals surface area contributed by atoms with Gasteiger partial charge >= 0.3 is 0 Å². The number of anilines is 3. The van der Waals surface area contributed by atoms with Crippen LogP contribution in [0.25, 0.3) is 0 Å². The Bertz CT molecular complexity index is 3050. The third-order valence-electron chi connectivity index (χ3n) is 15.6. The number of hydrogen-bond acceptors (Lipinski definition) is 1. The Balaban J connectivity index is 1.41. The summed E-state index contributed by atoms with van der Waals surface area (Å²) in [5.74, 6) is 2.27. The van der Waals surface area contributed by atoms with Crippen molar-refractivity contribution in [1.82, 2.24) is 0 Å². The van der Waals surface area contributed by atoms with E-state index in [1.807, 2.05) is 0 Å². The summed E-state index contributed by atoms with van der Waals surface area (Å²) in [4.78, 5) is 2.62. The average Bonchev–Trinajstić information content (AvgIpc) is 3.36. The molecular weight excluding hydrogens is 868 g/mol. The molecule has 0 aliphatic carbocycles. The number of aryl methyl sites for hydroxylation is 1. The second-order valence-corrected chi connectivity index (χ2v) is 25.2. The predicted molar refractivity (Wildman–Crippen MR) is 318 cm³/mol. The summed E-state index contributed by atoms with van der Waals surface area (Å²) < 4.78 is 0. The lowest BCUT2D eigenvalue weighted by Gasteiger charge is -2.38. The predicted octanol–water partition coefficient (Wildman–Crippen LogP) is 11.8. The highest BCUT2D eigenvalue weighted by Gasteiger charge is 2.43. The van der Waals surface area contributed by atoms with Crippen molar-refractivity contribution in [1.29, 1.82) is 0 Å². The van der Waals surface area contributed by atoms with Crippen LogP contribution in [-0.2, 0) is 0 Å². The first kappa shape index (κ1) is 49.9. The van der Waals surface area contributed by atoms with E-state index < -0.39 is 8.80 Å². The van der Waals surface area contributed by atoms with Crippen LogP contribution in [0.5, 0.6) is 0 Å². The van der Waals surface area contributed by atoms with Gasteiger partial charge in [0.2, 0.25) is 13.4 Å². The zero-order valence-electron chi connectivity index (χ0n) is 44.9. The van der Waals surface area contributed by atoms with E-state index >= 15 is 0 Å². The van der Waals surface area contributed by atoms with Crippen LogP contribution in [0.15, 0.2) is 176 Å². The van der Waals surface area contributed by atoms with Crippen molar-refractivity contribution in [3.63, 3.8) is 0 Å². The van der Waals surface area contributed by atoms with Crippen LogP contribution in [0.4, 0.5) is 17.1 Å². The van der Waals surface area contributed by atoms with Crippen molar-refractivity contribution in [2.45, 2.75) is 126 Å². The molecule has 0 aromatic heterocycles. The maximum absolute atomic E-state index is 2.64. The van der Waals surface area contributed by atoms with Gasteiger partial charge in [0, 0.05) is 17.1 Å². The third-order valence-corrected chi connectivity index (χ3v) is 18.8. The Morgan fingerprint density at radius 1 is 0.352 bits per heavy atom. The van der Waals surface area contributed by atoms with Gasteiger partial charge in [-0.05, 0) is 111 Å². The van der Waals surface area contributed by atoms with Gasteiger partial charge in [0.25, 0.3) is 0 Å². The Kier molecular flexibility index (Phi) is 14.7. The third kappa shape index (κ3) is 9.58. The quantitative estimate of drug-likeness (QED) is 0.0776. The topological polar surface area (TPSA) is 3.24 Å². The van der Waals surface area contributed by atoms with E-state index in [1.165, 1.54) is 104 Å². The Labute approximate surface area is 430 Å². The number of nitrogens with zero attached hydrogens (tertiary/aromatic N) is 1. The molecule has 0 unspecified atom stereocenters. The molecule has 71 heavy (non-hydrogen) atoms. The summed E-state index contributed by atoms with van der Waals surface area (Å²) in [6.45, 7) is 31.1. The van der Waals surface area contributed by atoms with E-state index in [0.717, 1.165) is 0 Å². The first-order valence-corrected chi connectivity index (χ1v) is 28.5. The lowest BCUT2D eigenvalue weighted by atomic mass is 9.20. The fourth-order valence-electron chi connectivity index (χ4n) is 11.9. The molecule has 0 N–H and O–H groups in total. The summed E-state index contributed by atoms with van der Waals surface area (Å²) in [6, 6.07) is 68.5. The van der Waals surface area contributed by atoms with Crippen LogP contribution in [0, 0.1) is 6.92 Å². The van der Waals surface area contributed by atoms with Gasteiger partial charge in [-0.1, -0.05) is 278 Å². The van der Waals surface area contributed by atoms with Crippen molar-refractivity contribution in [3.8, 4) is 0 Å². The van der Waals surface area contributed by atoms with Crippen LogP contribution in [0.3, 0.4) is 0 Å². The van der Waals surface area contributed by atoms with Crippen molar-refractivity contribution in [2.24, 2.45) is 0 Å². The summed E-state index contributed by atoms with van der Waals surface area (Å²) in [7, 11) is -1.98. The molecule has 0 radical (unpaired) electrons. The number of fused-ring (bicyclic) bond motifs is 2. The maximum Gasteiger partial charge on any atom is 0.240 e. The van der Waals surface area contributed by atoms with E-state index in [1.54, 1.807) is 0 Å². The molecule has 8 aromatic rings. The molecule has 8 aromatic carbocycles. The fourth-order valence-corrected chi connectivity index (χ4v) is 15.0. The zero-order valence-corrected chi connectivity index (χ0v) is 46.0. The summed E-state index contributed by atoms with van der Waals surface area (Å²) in [5.41, 5.74) is 22.4. The molecule has 9 rings (SSSR count). The normalized spacial score (nSPS) is 12.6. The molecule has 1 aliphatic rings. The van der Waals surface area contributed by atoms with E-state index in [9.17, 15) is 0 Å². The van der Waals surface area contributed by atoms with E-state index in [0.29, 0.717) is 35.5 Å². The van der Waals surface area contributed by atoms with Crippen LogP contribution in [0.1, 0.15) is 158 Å². The van der Waals surface area contributed by atoms with Gasteiger partial charge < -0.3 is 4.90 Å². The van der Waals surface area contributed by atoms with Gasteiger partial charge in [0.05, 0.1) is 0 Å². The van der Waals surface area contributed by atoms with Crippen molar-refractivity contribution >= 4 is 87.6 Å². The maximum atomic E-state index is 2.64. The summed E-state index contributed by atoms with van der Waals surface area (Å²) in [6.07, 6.45) is 0. The molecule has 0 saturated carbocycles. The van der Waals surface area contributed by atoms with E-state index in [4.69, 9.17) is 0 Å². The molecule has 0 atom stereocenters. The molecule has 0 saturated heterocycles. The standard InChI is InChI=1S/C67H75B2NSi/c1-43(2)50-38-55(45(5)6)66(56(39-50)46(7)8)68-59-31-21-22-32-60(59)69(67-57(47(9)10)40-51(44(3)4)41-58(67)48(11)12)62-42-52(36-37-61(62)68)70(63-33-23-20-26-49(63)13)64-34-24-25-35-65(64)71(53-27-16-14-17-28-53)54-29-18-15-19-30-54/h14-48,71H,1-13H3. The minimum atomic E-state index is -1.98. The second kappa shape index (κ2) is 20.9. The lowest BCUT2D eigenvalue weighted by molar-refractivity contribution is 0.812. The highest BCUT2D eigenvalue weighted by Crippen LogP contribution is 2.36. The smallest absolute Gasteiger partial charge is 0.240 e. The highest BCUT2D eigenvalue weighted by atomic mass is 28.3. The molecule has 358 valence electrons. The van der Waals surface area contributed by atoms with Crippen LogP contribution >= 0.6 is 0 Å². The Hall–Kier alpha value is -6.09. The largest absolute Gasteiger partial charge is 0.310 e. The fraction of sp³-hybridized carbons (Fsp3) is 0.284. The Morgan fingerprint density at radius 3 is 1.17 bits per heavy atom. The zero-order chi connectivity index (χ0) is 50.2. The minimum Gasteiger partial charge on any atom is -0.310 e. The summed E-state index contributed by atoms with van der Waals surface area (Å²) in [5, 5.41) is 4.24. The molecule has 0 spiro atoms. The molecule has 0 fully saturated rings. The van der Waals surface area contributed by atoms with Gasteiger partial charge in [0.15, 0.2) is 0 Å². The van der Waals surface area contributed by atoms with Crippen molar-refractivity contribution in [2.75, 3.05) is 4.90 Å². The van der Waals surface area contributed by atoms with Crippen molar-refractivity contribution in [3.05, 3.63) is 215 Å². The van der Waals surface area contributed by atoms with Crippen LogP contribution in [0.2, 0.25) is 0 Å². The number of rotatable bonds is 14. The summed E-state index contributed by atoms with van der Waals surface area (Å²) >= 11 is 0. The van der Waals surface area contributed by atoms with Gasteiger partial charge in [0.1, 0.15) is 8.80 Å². The monoisotopic (exact) mass is 944 g/mol. The second-order valence-electron chi connectivity index (χ2n) is 22.4. The van der Waals surface area contributed by atoms with Gasteiger partial charge in [-0.25, -0.2) is 0 Å². The lowest BCUT2D eigenvalue weighted by Crippen LogP contribution is -2.76. The van der Waals surface area contributed by atoms with Crippen LogP contribution in [-0.4, -0.2) is 22.2 Å². The molecule has 1 nitrogen and oxygen atoms in total. The number of para-hydroxylation sites is 2. The molecule has 0 amide bonds. The van der Waals surface area contributed by atoms with E-state index in [-0.39, 0.29) is 13.4 Å². The molecule has 0 bridgehead atoms. The molecule has 1 heterocycles. The van der Waals surface area contributed by atoms with Gasteiger partial charge in [-0.2, -0.15) is 0 Å². The molecule has 1 aliphatic heterocycles. The number of benzene rings is 8. The first-order chi connectivity index (χ1) is 34.2. The SMILES string of the molecule is Cc1ccccc1N(c1ccc2c(c1)B(c1c(C(C)C)cc(C(C)C)cc1C(C)C)c1ccccc1B2c1c(C(C)C)cc(C(C)C)cc1C(C)C)c1ccccc1[SiH](c1ccccc1)c1ccccc1. The molecular formula is C67H75B2NSi. The average molecular weight is 944 g/mol. The minimum absolute atomic E-state index is 0.0260. The van der Waals surface area contributed by atoms with E-state index in [2.05, 4.69) is 271 Å². The van der Waals surface area contributed by atoms with Gasteiger partial charge in [-0.15, -0.1) is 0 Å². The van der Waals surface area contributed by atoms with Crippen LogP contribution < -0.4 is 53.2 Å². The van der Waals surface area contributed by atoms with Crippen molar-refractivity contribution < 1.29 is 0 Å². The first-order valence-electron chi connectivity index (χ1n) is 26.8. The van der Waals surface area contributed by atoms with Gasteiger partial charge in [-0.3, -0.25) is 0 Å². The Morgan fingerprint density at radius 2 is 0.732 bits per heavy atom. The number of hydrogen-bond donors (Lipinski definition) is 0. The highest BCUT2D eigenvalue weighted by molar-refractivity contribution is 7.11. The molecule has 4 heteroatoms.